The first kappa shape index (κ1) is 21.9. The van der Waals surface area contributed by atoms with Crippen LogP contribution >= 0.6 is 0 Å². The van der Waals surface area contributed by atoms with Crippen LogP contribution in [0, 0.1) is 5.82 Å². The number of hydrogen-bond donors (Lipinski definition) is 1. The van der Waals surface area contributed by atoms with Crippen molar-refractivity contribution in [2.45, 2.75) is 16.3 Å². The molecule has 3 aromatic carbocycles. The van der Waals surface area contributed by atoms with Gasteiger partial charge in [0.05, 0.1) is 45.0 Å². The molecule has 1 aliphatic rings. The number of anilines is 1. The summed E-state index contributed by atoms with van der Waals surface area (Å²) in [5.74, 6) is -1.04. The summed E-state index contributed by atoms with van der Waals surface area (Å²) in [4.78, 5) is 28.4. The summed E-state index contributed by atoms with van der Waals surface area (Å²) in [6, 6.07) is 17.4. The Balaban J connectivity index is 1.80. The quantitative estimate of drug-likeness (QED) is 0.581. The van der Waals surface area contributed by atoms with Crippen LogP contribution in [-0.2, 0) is 22.1 Å². The van der Waals surface area contributed by atoms with Gasteiger partial charge in [-0.25, -0.2) is 8.60 Å². The van der Waals surface area contributed by atoms with Gasteiger partial charge < -0.3 is 15.0 Å². The molecule has 6 nitrogen and oxygen atoms in total. The molecule has 32 heavy (non-hydrogen) atoms. The number of halogens is 1. The Bertz CT molecular complexity index is 1200. The minimum atomic E-state index is -1.61. The van der Waals surface area contributed by atoms with E-state index in [0.717, 1.165) is 0 Å². The number of rotatable bonds is 6. The second-order valence-electron chi connectivity index (χ2n) is 7.21. The monoisotopic (exact) mass is 452 g/mol. The van der Waals surface area contributed by atoms with E-state index in [1.165, 1.54) is 17.0 Å². The van der Waals surface area contributed by atoms with Gasteiger partial charge in [0, 0.05) is 19.2 Å². The van der Waals surface area contributed by atoms with Crippen LogP contribution < -0.4 is 10.2 Å². The third kappa shape index (κ3) is 4.32. The zero-order valence-electron chi connectivity index (χ0n) is 17.3. The third-order valence-corrected chi connectivity index (χ3v) is 6.62. The number of carbonyl (C=O) groups excluding carboxylic acids is 2. The Hall–Kier alpha value is -3.36. The van der Waals surface area contributed by atoms with Gasteiger partial charge in [-0.1, -0.05) is 24.3 Å². The lowest BCUT2D eigenvalue weighted by Crippen LogP contribution is -2.31. The molecule has 3 aromatic rings. The Labute approximate surface area is 187 Å². The molecular formula is C24H21FN2O4S. The number of methoxy groups -OCH3 is 1. The van der Waals surface area contributed by atoms with Crippen molar-refractivity contribution in [3.63, 3.8) is 0 Å². The number of nitrogens with one attached hydrogen (secondary N) is 1. The summed E-state index contributed by atoms with van der Waals surface area (Å²) in [7, 11) is -0.0708. The summed E-state index contributed by atoms with van der Waals surface area (Å²) < 4.78 is 31.7. The average molecular weight is 453 g/mol. The number of ether oxygens (including phenoxy) is 1. The maximum absolute atomic E-state index is 13.5. The van der Waals surface area contributed by atoms with Crippen molar-refractivity contribution in [3.05, 3.63) is 89.2 Å². The average Bonchev–Trinajstić information content (AvgIpc) is 2.90. The molecule has 0 spiro atoms. The summed E-state index contributed by atoms with van der Waals surface area (Å²) in [5.41, 5.74) is 1.74. The van der Waals surface area contributed by atoms with Crippen molar-refractivity contribution in [3.8, 4) is 0 Å². The van der Waals surface area contributed by atoms with Crippen LogP contribution in [0.15, 0.2) is 76.5 Å². The Morgan fingerprint density at radius 2 is 1.81 bits per heavy atom. The molecule has 0 unspecified atom stereocenters. The fourth-order valence-electron chi connectivity index (χ4n) is 3.50. The maximum atomic E-state index is 13.5. The molecule has 0 aliphatic carbocycles. The lowest BCUT2D eigenvalue weighted by Gasteiger charge is -2.23. The standard InChI is InChI=1S/C24H21FN2O4S/c1-31-13-12-26-23(28)17-8-11-22-20(14-17)27(15-16-6-9-18(25)10-7-16)24(29)19-4-2-3-5-21(19)32(22)30/h2-11,14H,12-13,15H2,1H3,(H,26,28)/t32-/m1/s1. The van der Waals surface area contributed by atoms with E-state index in [1.807, 2.05) is 0 Å². The van der Waals surface area contributed by atoms with Gasteiger partial charge in [-0.2, -0.15) is 0 Å². The molecule has 0 saturated carbocycles. The largest absolute Gasteiger partial charge is 0.383 e. The van der Waals surface area contributed by atoms with Gasteiger partial charge in [0.2, 0.25) is 0 Å². The minimum Gasteiger partial charge on any atom is -0.383 e. The van der Waals surface area contributed by atoms with Crippen molar-refractivity contribution >= 4 is 28.3 Å². The van der Waals surface area contributed by atoms with E-state index in [1.54, 1.807) is 61.7 Å². The maximum Gasteiger partial charge on any atom is 0.259 e. The number of amides is 2. The first-order chi connectivity index (χ1) is 15.5. The molecule has 1 heterocycles. The summed E-state index contributed by atoms with van der Waals surface area (Å²) in [5, 5.41) is 2.75. The summed E-state index contributed by atoms with van der Waals surface area (Å²) >= 11 is 0. The first-order valence-corrected chi connectivity index (χ1v) is 11.1. The van der Waals surface area contributed by atoms with E-state index in [0.29, 0.717) is 45.3 Å². The molecule has 8 heteroatoms. The highest BCUT2D eigenvalue weighted by Gasteiger charge is 2.31. The number of benzene rings is 3. The Kier molecular flexibility index (Phi) is 6.43. The van der Waals surface area contributed by atoms with Gasteiger partial charge in [-0.05, 0) is 48.0 Å². The van der Waals surface area contributed by atoms with E-state index >= 15 is 0 Å². The van der Waals surface area contributed by atoms with Crippen LogP contribution in [0.3, 0.4) is 0 Å². The van der Waals surface area contributed by atoms with E-state index in [-0.39, 0.29) is 24.2 Å². The van der Waals surface area contributed by atoms with E-state index < -0.39 is 10.8 Å². The SMILES string of the molecule is COCCNC(=O)c1ccc2c(c1)N(Cc1ccc(F)cc1)C(=O)c1ccccc1[S@]2=O. The number of fused-ring (bicyclic) bond motifs is 2. The van der Waals surface area contributed by atoms with Crippen molar-refractivity contribution in [1.82, 2.24) is 5.32 Å². The summed E-state index contributed by atoms with van der Waals surface area (Å²) in [6.45, 7) is 0.833. The molecule has 1 N–H and O–H groups in total. The molecule has 2 amide bonds. The molecule has 4 rings (SSSR count). The molecule has 0 fully saturated rings. The van der Waals surface area contributed by atoms with Crippen LogP contribution in [0.4, 0.5) is 10.1 Å². The summed E-state index contributed by atoms with van der Waals surface area (Å²) in [6.07, 6.45) is 0. The van der Waals surface area contributed by atoms with Gasteiger partial charge in [0.15, 0.2) is 0 Å². The first-order valence-electron chi connectivity index (χ1n) is 9.98. The topological polar surface area (TPSA) is 75.7 Å². The normalized spacial score (nSPS) is 15.0. The van der Waals surface area contributed by atoms with Crippen LogP contribution in [-0.4, -0.2) is 36.3 Å². The van der Waals surface area contributed by atoms with Crippen molar-refractivity contribution < 1.29 is 22.9 Å². The lowest BCUT2D eigenvalue weighted by molar-refractivity contribution is 0.0934. The molecule has 0 saturated heterocycles. The minimum absolute atomic E-state index is 0.131. The second-order valence-corrected chi connectivity index (χ2v) is 8.63. The molecule has 164 valence electrons. The van der Waals surface area contributed by atoms with E-state index in [2.05, 4.69) is 5.32 Å². The van der Waals surface area contributed by atoms with Gasteiger partial charge in [0.1, 0.15) is 5.82 Å². The molecule has 0 aromatic heterocycles. The molecule has 0 bridgehead atoms. The van der Waals surface area contributed by atoms with Crippen LogP contribution in [0.5, 0.6) is 0 Å². The van der Waals surface area contributed by atoms with Gasteiger partial charge in [0.25, 0.3) is 11.8 Å². The lowest BCUT2D eigenvalue weighted by atomic mass is 10.1. The fraction of sp³-hybridized carbons (Fsp3) is 0.167. The molecule has 1 aliphatic heterocycles. The Morgan fingerprint density at radius 1 is 1.06 bits per heavy atom. The number of carbonyl (C=O) groups is 2. The zero-order chi connectivity index (χ0) is 22.7. The van der Waals surface area contributed by atoms with Crippen LogP contribution in [0.1, 0.15) is 26.3 Å². The van der Waals surface area contributed by atoms with Gasteiger partial charge in [-0.15, -0.1) is 0 Å². The molecule has 1 atom stereocenters. The number of nitrogens with zero attached hydrogens (tertiary/aromatic N) is 1. The predicted molar refractivity (Wildman–Crippen MR) is 119 cm³/mol. The highest BCUT2D eigenvalue weighted by molar-refractivity contribution is 7.85. The van der Waals surface area contributed by atoms with Gasteiger partial charge in [-0.3, -0.25) is 9.59 Å². The smallest absolute Gasteiger partial charge is 0.259 e. The third-order valence-electron chi connectivity index (χ3n) is 5.12. The molecule has 0 radical (unpaired) electrons. The number of hydrogen-bond acceptors (Lipinski definition) is 4. The van der Waals surface area contributed by atoms with E-state index in [4.69, 9.17) is 4.74 Å². The van der Waals surface area contributed by atoms with Crippen LogP contribution in [0.2, 0.25) is 0 Å². The zero-order valence-corrected chi connectivity index (χ0v) is 18.2. The fourth-order valence-corrected chi connectivity index (χ4v) is 4.85. The van der Waals surface area contributed by atoms with E-state index in [9.17, 15) is 18.2 Å². The predicted octanol–water partition coefficient (Wildman–Crippen LogP) is 3.53. The van der Waals surface area contributed by atoms with Gasteiger partial charge >= 0.3 is 0 Å². The van der Waals surface area contributed by atoms with Crippen molar-refractivity contribution in [2.24, 2.45) is 0 Å². The van der Waals surface area contributed by atoms with Crippen molar-refractivity contribution in [1.29, 1.82) is 0 Å². The van der Waals surface area contributed by atoms with Crippen molar-refractivity contribution in [2.75, 3.05) is 25.2 Å². The van der Waals surface area contributed by atoms with Crippen LogP contribution in [0.25, 0.3) is 0 Å². The highest BCUT2D eigenvalue weighted by atomic mass is 32.2. The highest BCUT2D eigenvalue weighted by Crippen LogP contribution is 2.36. The second kappa shape index (κ2) is 9.42. The Morgan fingerprint density at radius 3 is 2.56 bits per heavy atom. The molecular weight excluding hydrogens is 431 g/mol.